The van der Waals surface area contributed by atoms with Gasteiger partial charge in [0, 0.05) is 18.3 Å². The van der Waals surface area contributed by atoms with Crippen LogP contribution in [0.25, 0.3) is 65.7 Å². The summed E-state index contributed by atoms with van der Waals surface area (Å²) in [6.45, 7) is 27.7. The van der Waals surface area contributed by atoms with Crippen LogP contribution in [0.1, 0.15) is 89.0 Å². The van der Waals surface area contributed by atoms with Crippen molar-refractivity contribution >= 4 is 88.6 Å². The average Bonchev–Trinajstić information content (AvgIpc) is 3.66. The molecular weight excluding hydrogens is 902 g/mol. The van der Waals surface area contributed by atoms with Crippen molar-refractivity contribution < 1.29 is 0 Å². The Morgan fingerprint density at radius 1 is 0.304 bits per heavy atom. The lowest BCUT2D eigenvalue weighted by Crippen LogP contribution is -2.15. The quantitative estimate of drug-likeness (QED) is 0.120. The summed E-state index contributed by atoms with van der Waals surface area (Å²) < 4.78 is 2.72. The van der Waals surface area contributed by atoms with Crippen molar-refractivity contribution in [3.05, 3.63) is 167 Å². The minimum atomic E-state index is 1.32. The van der Waals surface area contributed by atoms with Gasteiger partial charge in [-0.3, -0.25) is 0 Å². The third-order valence-corrected chi connectivity index (χ3v) is 15.8. The molecule has 10 rings (SSSR count). The summed E-state index contributed by atoms with van der Waals surface area (Å²) >= 11 is 5.43. The molecule has 0 nitrogen and oxygen atoms in total. The van der Waals surface area contributed by atoms with Crippen LogP contribution in [0.5, 0.6) is 0 Å². The number of halogens is 2. The van der Waals surface area contributed by atoms with E-state index in [2.05, 4.69) is 189 Å². The van der Waals surface area contributed by atoms with Crippen molar-refractivity contribution in [1.82, 2.24) is 0 Å². The summed E-state index contributed by atoms with van der Waals surface area (Å²) in [7, 11) is 0. The second-order valence-corrected chi connectivity index (χ2v) is 19.4. The first-order chi connectivity index (χ1) is 26.6. The molecule has 0 bridgehead atoms. The largest absolute Gasteiger partial charge is 0.0557 e. The molecule has 276 valence electrons. The second-order valence-electron chi connectivity index (χ2n) is 17.3. The molecule has 0 aliphatic heterocycles. The molecule has 0 saturated carbocycles. The first kappa shape index (κ1) is 36.3. The van der Waals surface area contributed by atoms with Gasteiger partial charge in [-0.1, -0.05) is 71.8 Å². The van der Waals surface area contributed by atoms with E-state index in [0.29, 0.717) is 0 Å². The molecule has 0 spiro atoms. The number of hydrogen-bond donors (Lipinski definition) is 0. The summed E-state index contributed by atoms with van der Waals surface area (Å²) in [5, 5.41) is 11.1. The SMILES string of the molecule is Cc1cc(C)c(C2=c3c(c(I)c4ccc5c(I)c6c(c7ccc3c4c57)=C(c3c(C)cc(C)cc3C)c3c(C)c(C)cc(C)c3-6)-c3c(C)cc(C)c(C)c32)c(C)c1. The summed E-state index contributed by atoms with van der Waals surface area (Å²) in [6, 6.07) is 24.3. The van der Waals surface area contributed by atoms with Crippen molar-refractivity contribution in [2.75, 3.05) is 0 Å². The van der Waals surface area contributed by atoms with E-state index in [-0.39, 0.29) is 0 Å². The van der Waals surface area contributed by atoms with Crippen LogP contribution in [0.3, 0.4) is 0 Å². The van der Waals surface area contributed by atoms with Crippen LogP contribution in [0, 0.1) is 90.2 Å². The Balaban J connectivity index is 1.50. The zero-order valence-corrected chi connectivity index (χ0v) is 38.8. The minimum absolute atomic E-state index is 1.32. The van der Waals surface area contributed by atoms with Crippen LogP contribution in [-0.2, 0) is 0 Å². The van der Waals surface area contributed by atoms with Crippen LogP contribution in [-0.4, -0.2) is 0 Å². The van der Waals surface area contributed by atoms with Gasteiger partial charge in [0.25, 0.3) is 0 Å². The molecule has 0 saturated heterocycles. The third kappa shape index (κ3) is 4.57. The standard InChI is InChI=1S/C54H46I2/c1-23-17-27(5)39(28(6)18-23)49-43-33(11)25(3)21-31(9)41(43)51-47(49)35-13-14-36-46-38(16-15-37(45(35)46)53(51)55)54(56)52-42-32(10)22-26(4)34(12)44(42)50(48(36)52)40-29(7)19-24(2)20-30(40)8/h13-22H,1-12H3. The van der Waals surface area contributed by atoms with Crippen molar-refractivity contribution in [2.24, 2.45) is 0 Å². The van der Waals surface area contributed by atoms with Crippen molar-refractivity contribution in [1.29, 1.82) is 0 Å². The van der Waals surface area contributed by atoms with E-state index in [1.165, 1.54) is 172 Å². The predicted molar refractivity (Wildman–Crippen MR) is 259 cm³/mol. The Hall–Kier alpha value is -4.00. The molecule has 2 heteroatoms. The number of benzene rings is 8. The van der Waals surface area contributed by atoms with Crippen LogP contribution < -0.4 is 10.4 Å². The molecule has 0 unspecified atom stereocenters. The van der Waals surface area contributed by atoms with Crippen LogP contribution in [0.4, 0.5) is 0 Å². The zero-order valence-electron chi connectivity index (χ0n) is 34.5. The first-order valence-corrected chi connectivity index (χ1v) is 22.1. The summed E-state index contributed by atoms with van der Waals surface area (Å²) in [5.41, 5.74) is 30.4. The Morgan fingerprint density at radius 3 is 0.946 bits per heavy atom. The molecule has 2 aliphatic rings. The molecule has 0 heterocycles. The normalized spacial score (nSPS) is 13.1. The summed E-state index contributed by atoms with van der Waals surface area (Å²) in [5.74, 6) is 0. The van der Waals surface area contributed by atoms with Crippen LogP contribution >= 0.6 is 45.2 Å². The van der Waals surface area contributed by atoms with E-state index in [9.17, 15) is 0 Å². The maximum Gasteiger partial charge on any atom is 0.0294 e. The van der Waals surface area contributed by atoms with E-state index in [0.717, 1.165) is 0 Å². The highest BCUT2D eigenvalue weighted by Gasteiger charge is 2.35. The van der Waals surface area contributed by atoms with Gasteiger partial charge in [0.05, 0.1) is 0 Å². The molecule has 8 aromatic carbocycles. The smallest absolute Gasteiger partial charge is 0.0294 e. The molecule has 8 aromatic rings. The molecule has 2 aliphatic carbocycles. The van der Waals surface area contributed by atoms with Gasteiger partial charge in [-0.05, 0) is 271 Å². The van der Waals surface area contributed by atoms with Crippen LogP contribution in [0.15, 0.2) is 60.7 Å². The number of aryl methyl sites for hydroxylation is 10. The van der Waals surface area contributed by atoms with Gasteiger partial charge in [0.1, 0.15) is 0 Å². The van der Waals surface area contributed by atoms with Crippen LogP contribution in [0.2, 0.25) is 0 Å². The maximum absolute atomic E-state index is 2.71. The highest BCUT2D eigenvalue weighted by molar-refractivity contribution is 14.1. The molecule has 0 radical (unpaired) electrons. The van der Waals surface area contributed by atoms with Gasteiger partial charge in [0.15, 0.2) is 0 Å². The minimum Gasteiger partial charge on any atom is -0.0557 e. The van der Waals surface area contributed by atoms with Gasteiger partial charge in [-0.2, -0.15) is 0 Å². The van der Waals surface area contributed by atoms with Gasteiger partial charge >= 0.3 is 0 Å². The highest BCUT2D eigenvalue weighted by Crippen LogP contribution is 2.51. The fraction of sp³-hybridized carbons (Fsp3) is 0.222. The fourth-order valence-electron chi connectivity index (χ4n) is 11.4. The Morgan fingerprint density at radius 2 is 0.607 bits per heavy atom. The first-order valence-electron chi connectivity index (χ1n) is 19.9. The average molecular weight is 949 g/mol. The van der Waals surface area contributed by atoms with E-state index in [1.807, 2.05) is 0 Å². The Bertz CT molecular complexity index is 3050. The summed E-state index contributed by atoms with van der Waals surface area (Å²) in [6.07, 6.45) is 0. The van der Waals surface area contributed by atoms with Gasteiger partial charge < -0.3 is 0 Å². The van der Waals surface area contributed by atoms with Crippen molar-refractivity contribution in [2.45, 2.75) is 83.1 Å². The third-order valence-electron chi connectivity index (χ3n) is 13.6. The van der Waals surface area contributed by atoms with Crippen molar-refractivity contribution in [3.8, 4) is 22.3 Å². The lowest BCUT2D eigenvalue weighted by atomic mass is 9.85. The zero-order chi connectivity index (χ0) is 39.5. The topological polar surface area (TPSA) is 0 Å². The molecule has 0 N–H and O–H groups in total. The van der Waals surface area contributed by atoms with E-state index in [1.54, 1.807) is 0 Å². The number of hydrogen-bond acceptors (Lipinski definition) is 0. The molecule has 0 aromatic heterocycles. The predicted octanol–water partition coefficient (Wildman–Crippen LogP) is 13.9. The van der Waals surface area contributed by atoms with E-state index in [4.69, 9.17) is 0 Å². The van der Waals surface area contributed by atoms with Gasteiger partial charge in [-0.15, -0.1) is 0 Å². The lowest BCUT2D eigenvalue weighted by Gasteiger charge is -2.19. The Labute approximate surface area is 358 Å². The highest BCUT2D eigenvalue weighted by atomic mass is 127. The van der Waals surface area contributed by atoms with Gasteiger partial charge in [0.2, 0.25) is 0 Å². The Kier molecular flexibility index (Phi) is 7.95. The molecule has 0 amide bonds. The molecule has 0 atom stereocenters. The second kappa shape index (κ2) is 12.3. The number of rotatable bonds is 2. The molecule has 0 fully saturated rings. The molecular formula is C54H46I2. The van der Waals surface area contributed by atoms with E-state index < -0.39 is 0 Å². The van der Waals surface area contributed by atoms with Gasteiger partial charge in [-0.25, -0.2) is 0 Å². The maximum atomic E-state index is 2.71. The number of fused-ring (bicyclic) bond motifs is 8. The van der Waals surface area contributed by atoms with E-state index >= 15 is 0 Å². The lowest BCUT2D eigenvalue weighted by molar-refractivity contribution is 1.26. The fourth-order valence-corrected chi connectivity index (χ4v) is 13.3. The monoisotopic (exact) mass is 948 g/mol. The molecule has 56 heavy (non-hydrogen) atoms. The summed E-state index contributed by atoms with van der Waals surface area (Å²) in [4.78, 5) is 0. The van der Waals surface area contributed by atoms with Crippen molar-refractivity contribution in [3.63, 3.8) is 0 Å².